The number of hydrogen-bond donors (Lipinski definition) is 0. The Hall–Kier alpha value is -3.59. The van der Waals surface area contributed by atoms with E-state index in [2.05, 4.69) is 76.3 Å². The highest BCUT2D eigenvalue weighted by Gasteiger charge is 2.28. The third kappa shape index (κ3) is 7.88. The molecule has 2 aromatic rings. The van der Waals surface area contributed by atoms with E-state index in [1.807, 2.05) is 17.0 Å². The fourth-order valence-electron chi connectivity index (χ4n) is 5.33. The average molecular weight is 612 g/mol. The van der Waals surface area contributed by atoms with Crippen molar-refractivity contribution >= 4 is 40.8 Å². The summed E-state index contributed by atoms with van der Waals surface area (Å²) in [6, 6.07) is 16.7. The Morgan fingerprint density at radius 1 is 0.791 bits per heavy atom. The van der Waals surface area contributed by atoms with Crippen molar-refractivity contribution in [2.75, 3.05) is 36.0 Å². The second kappa shape index (κ2) is 16.3. The van der Waals surface area contributed by atoms with Crippen molar-refractivity contribution in [1.29, 1.82) is 0 Å². The molecule has 0 atom stereocenters. The van der Waals surface area contributed by atoms with Crippen molar-refractivity contribution in [1.82, 2.24) is 4.90 Å². The van der Waals surface area contributed by atoms with Crippen molar-refractivity contribution in [3.8, 4) is 0 Å². The maximum Gasteiger partial charge on any atom is 0.245 e. The lowest BCUT2D eigenvalue weighted by molar-refractivity contribution is -0.126. The summed E-state index contributed by atoms with van der Waals surface area (Å²) >= 11 is 3.37. The van der Waals surface area contributed by atoms with Gasteiger partial charge in [0, 0.05) is 36.0 Å². The first kappa shape index (κ1) is 32.3. The highest BCUT2D eigenvalue weighted by molar-refractivity contribution is 8.04. The Morgan fingerprint density at radius 2 is 1.23 bits per heavy atom. The Labute approximate surface area is 266 Å². The summed E-state index contributed by atoms with van der Waals surface area (Å²) in [6.45, 7) is 26.9. The number of allylic oxidation sites excluding steroid dienone is 2. The monoisotopic (exact) mass is 611 g/mol. The third-order valence-electron chi connectivity index (χ3n) is 7.62. The molecule has 2 aliphatic rings. The first-order valence-electron chi connectivity index (χ1n) is 15.3. The average Bonchev–Trinajstić information content (AvgIpc) is 3.59. The van der Waals surface area contributed by atoms with Gasteiger partial charge >= 0.3 is 0 Å². The van der Waals surface area contributed by atoms with Gasteiger partial charge in [-0.1, -0.05) is 81.1 Å². The second-order valence-electron chi connectivity index (χ2n) is 10.6. The van der Waals surface area contributed by atoms with Gasteiger partial charge < -0.3 is 14.7 Å². The molecule has 4 rings (SSSR count). The molecule has 1 amide bonds. The molecule has 0 spiro atoms. The number of fused-ring (bicyclic) bond motifs is 2. The molecule has 0 fully saturated rings. The summed E-state index contributed by atoms with van der Waals surface area (Å²) < 4.78 is 0. The molecule has 0 bridgehead atoms. The highest BCUT2D eigenvalue weighted by Crippen LogP contribution is 2.49. The van der Waals surface area contributed by atoms with Gasteiger partial charge in [0.05, 0.1) is 34.6 Å². The molecule has 0 radical (unpaired) electrons. The number of carbonyl (C=O) groups is 1. The first-order chi connectivity index (χ1) is 21.1. The van der Waals surface area contributed by atoms with Crippen molar-refractivity contribution in [3.05, 3.63) is 105 Å². The lowest BCUT2D eigenvalue weighted by Gasteiger charge is -2.24. The topological polar surface area (TPSA) is 35.5 Å². The van der Waals surface area contributed by atoms with Crippen LogP contribution in [0.25, 0.3) is 9.69 Å². The Bertz CT molecular complexity index is 1350. The van der Waals surface area contributed by atoms with Gasteiger partial charge in [-0.25, -0.2) is 9.69 Å². The minimum absolute atomic E-state index is 0.103. The quantitative estimate of drug-likeness (QED) is 0.148. The van der Waals surface area contributed by atoms with E-state index in [1.54, 1.807) is 23.5 Å². The Kier molecular flexibility index (Phi) is 12.3. The number of unbranched alkanes of at least 4 members (excludes halogenated alkanes) is 2. The molecule has 0 unspecified atom stereocenters. The summed E-state index contributed by atoms with van der Waals surface area (Å²) in [5, 5.41) is 2.06. The van der Waals surface area contributed by atoms with Crippen molar-refractivity contribution < 1.29 is 4.79 Å². The van der Waals surface area contributed by atoms with Gasteiger partial charge in [0.15, 0.2) is 11.4 Å². The molecular weight excluding hydrogens is 571 g/mol. The Balaban J connectivity index is 1.40. The molecule has 0 aromatic heterocycles. The van der Waals surface area contributed by atoms with E-state index >= 15 is 0 Å². The minimum Gasteiger partial charge on any atom is -0.344 e. The molecule has 0 aliphatic carbocycles. The third-order valence-corrected chi connectivity index (χ3v) is 10.0. The summed E-state index contributed by atoms with van der Waals surface area (Å²) in [4.78, 5) is 29.5. The highest BCUT2D eigenvalue weighted by atomic mass is 32.2. The number of carbonyl (C=O) groups excluding carboxylic acids is 1. The van der Waals surface area contributed by atoms with E-state index < -0.39 is 0 Å². The number of para-hydroxylation sites is 2. The zero-order valence-electron chi connectivity index (χ0n) is 25.3. The molecule has 224 valence electrons. The van der Waals surface area contributed by atoms with Gasteiger partial charge in [0.2, 0.25) is 5.91 Å². The normalized spacial score (nSPS) is 15.8. The summed E-state index contributed by atoms with van der Waals surface area (Å²) in [6.07, 6.45) is 8.31. The number of benzene rings is 2. The minimum atomic E-state index is -0.103. The van der Waals surface area contributed by atoms with Crippen molar-refractivity contribution in [2.45, 2.75) is 75.0 Å². The molecule has 0 N–H and O–H groups in total. The van der Waals surface area contributed by atoms with Crippen LogP contribution in [0, 0.1) is 13.1 Å². The van der Waals surface area contributed by atoms with Gasteiger partial charge in [-0.15, -0.1) is 0 Å². The second-order valence-corrected chi connectivity index (χ2v) is 12.7. The maximum atomic E-state index is 12.8. The largest absolute Gasteiger partial charge is 0.344 e. The van der Waals surface area contributed by atoms with E-state index in [-0.39, 0.29) is 5.91 Å². The number of nitrogens with zero attached hydrogens (tertiary/aromatic N) is 5. The fraction of sp³-hybridized carbons (Fsp3) is 0.400. The Morgan fingerprint density at radius 3 is 1.63 bits per heavy atom. The number of rotatable bonds is 15. The molecule has 2 aliphatic heterocycles. The van der Waals surface area contributed by atoms with Gasteiger partial charge in [-0.3, -0.25) is 4.79 Å². The number of amides is 1. The molecule has 2 heterocycles. The molecule has 2 aromatic carbocycles. The lowest BCUT2D eigenvalue weighted by atomic mass is 10.2. The van der Waals surface area contributed by atoms with Crippen LogP contribution in [-0.2, 0) is 4.79 Å². The van der Waals surface area contributed by atoms with Crippen LogP contribution in [0.3, 0.4) is 0 Å². The van der Waals surface area contributed by atoms with E-state index in [0.29, 0.717) is 38.8 Å². The fourth-order valence-corrected chi connectivity index (χ4v) is 7.74. The van der Waals surface area contributed by atoms with Crippen LogP contribution in [0.5, 0.6) is 0 Å². The van der Waals surface area contributed by atoms with Crippen LogP contribution in [0.4, 0.5) is 11.4 Å². The number of hydrogen-bond acceptors (Lipinski definition) is 5. The van der Waals surface area contributed by atoms with E-state index in [9.17, 15) is 4.79 Å². The summed E-state index contributed by atoms with van der Waals surface area (Å²) in [5.74, 6) is -0.103. The zero-order chi connectivity index (χ0) is 30.6. The summed E-state index contributed by atoms with van der Waals surface area (Å²) in [7, 11) is 0. The predicted octanol–water partition coefficient (Wildman–Crippen LogP) is 9.56. The number of anilines is 2. The van der Waals surface area contributed by atoms with Crippen LogP contribution >= 0.6 is 23.5 Å². The molecule has 43 heavy (non-hydrogen) atoms. The first-order valence-corrected chi connectivity index (χ1v) is 16.9. The standard InChI is InChI=1S/C35H41N5OS2/c1-6-9-25-39-29-19-11-13-21-31(29)42-34(39)27(36-4)17-15-23-38(33(41)8-3)24-16-18-28(37-5)35-40(26-10-7-2)30-20-12-14-22-32(30)43-35/h8,11-14,19-22H,3,6-7,9-10,15-18,23-26H2,1-2H3/b34-27+,35-28+. The SMILES string of the molecule is [C-]#[N+]/C(CCCN(CCC/C([N+]#[C-])=C1\Sc2ccccc2N1CCCC)C(=O)C=C)=C1/Sc2ccccc2N1CCCC. The molecule has 0 saturated carbocycles. The zero-order valence-corrected chi connectivity index (χ0v) is 27.0. The molecular formula is C35H41N5OS2. The van der Waals surface area contributed by atoms with Crippen LogP contribution < -0.4 is 9.80 Å². The van der Waals surface area contributed by atoms with Gasteiger partial charge in [0.1, 0.15) is 0 Å². The lowest BCUT2D eigenvalue weighted by Crippen LogP contribution is -2.31. The van der Waals surface area contributed by atoms with E-state index in [0.717, 1.165) is 60.2 Å². The van der Waals surface area contributed by atoms with Crippen LogP contribution in [0.2, 0.25) is 0 Å². The smallest absolute Gasteiger partial charge is 0.245 e. The van der Waals surface area contributed by atoms with Gasteiger partial charge in [0.25, 0.3) is 0 Å². The van der Waals surface area contributed by atoms with E-state index in [4.69, 9.17) is 13.1 Å². The maximum absolute atomic E-state index is 12.8. The predicted molar refractivity (Wildman–Crippen MR) is 182 cm³/mol. The van der Waals surface area contributed by atoms with E-state index in [1.165, 1.54) is 27.2 Å². The molecule has 0 saturated heterocycles. The number of thioether (sulfide) groups is 2. The van der Waals surface area contributed by atoms with Crippen molar-refractivity contribution in [3.63, 3.8) is 0 Å². The molecule has 6 nitrogen and oxygen atoms in total. The summed E-state index contributed by atoms with van der Waals surface area (Å²) in [5.41, 5.74) is 3.88. The van der Waals surface area contributed by atoms with Gasteiger partial charge in [-0.2, -0.15) is 0 Å². The van der Waals surface area contributed by atoms with Gasteiger partial charge in [-0.05, 0) is 68.9 Å². The van der Waals surface area contributed by atoms with Crippen molar-refractivity contribution in [2.24, 2.45) is 0 Å². The molecule has 8 heteroatoms. The van der Waals surface area contributed by atoms with Crippen LogP contribution in [0.1, 0.15) is 65.2 Å². The van der Waals surface area contributed by atoms with Crippen LogP contribution in [0.15, 0.2) is 92.4 Å². The van der Waals surface area contributed by atoms with Crippen LogP contribution in [-0.4, -0.2) is 37.0 Å².